The second kappa shape index (κ2) is 6.45. The lowest BCUT2D eigenvalue weighted by molar-refractivity contribution is 0.319. The fourth-order valence-electron chi connectivity index (χ4n) is 1.05. The number of aliphatic hydroxyl groups excluding tert-OH is 1. The topological polar surface area (TPSA) is 52.8 Å². The average Bonchev–Trinajstić information content (AvgIpc) is 2.25. The van der Waals surface area contributed by atoms with Crippen molar-refractivity contribution in [2.24, 2.45) is 5.16 Å². The summed E-state index contributed by atoms with van der Waals surface area (Å²) in [5.74, 6) is 0.562. The highest BCUT2D eigenvalue weighted by Crippen LogP contribution is 2.10. The van der Waals surface area contributed by atoms with E-state index in [4.69, 9.17) is 10.3 Å². The third-order valence-corrected chi connectivity index (χ3v) is 2.62. The molecule has 0 amide bonds. The van der Waals surface area contributed by atoms with Crippen molar-refractivity contribution in [1.29, 1.82) is 0 Å². The summed E-state index contributed by atoms with van der Waals surface area (Å²) in [6.07, 6.45) is 0.613. The van der Waals surface area contributed by atoms with E-state index in [1.807, 2.05) is 30.3 Å². The SMILES string of the molecule is OCCS/C(Cc1ccccc1)=N\O. The molecule has 0 aromatic heterocycles. The zero-order valence-electron chi connectivity index (χ0n) is 7.76. The summed E-state index contributed by atoms with van der Waals surface area (Å²) in [7, 11) is 0. The minimum absolute atomic E-state index is 0.0957. The predicted octanol–water partition coefficient (Wildman–Crippen LogP) is 1.74. The van der Waals surface area contributed by atoms with Crippen molar-refractivity contribution in [3.63, 3.8) is 0 Å². The van der Waals surface area contributed by atoms with Gasteiger partial charge in [0.25, 0.3) is 0 Å². The second-order valence-corrected chi connectivity index (χ2v) is 3.90. The molecule has 2 N–H and O–H groups in total. The normalized spacial score (nSPS) is 11.6. The Hall–Kier alpha value is -1.00. The van der Waals surface area contributed by atoms with Crippen LogP contribution in [0.2, 0.25) is 0 Å². The van der Waals surface area contributed by atoms with Gasteiger partial charge in [0.1, 0.15) is 5.04 Å². The van der Waals surface area contributed by atoms with Gasteiger partial charge in [-0.1, -0.05) is 35.5 Å². The molecule has 1 aromatic rings. The molecule has 14 heavy (non-hydrogen) atoms. The summed E-state index contributed by atoms with van der Waals surface area (Å²) in [5.41, 5.74) is 1.10. The summed E-state index contributed by atoms with van der Waals surface area (Å²) >= 11 is 1.37. The van der Waals surface area contributed by atoms with Crippen molar-refractivity contribution in [1.82, 2.24) is 0 Å². The Morgan fingerprint density at radius 3 is 2.57 bits per heavy atom. The van der Waals surface area contributed by atoms with Crippen molar-refractivity contribution in [2.45, 2.75) is 6.42 Å². The monoisotopic (exact) mass is 211 g/mol. The minimum Gasteiger partial charge on any atom is -0.410 e. The molecule has 0 aliphatic rings. The molecule has 3 nitrogen and oxygen atoms in total. The third-order valence-electron chi connectivity index (χ3n) is 1.67. The molecule has 0 radical (unpaired) electrons. The summed E-state index contributed by atoms with van der Waals surface area (Å²) in [4.78, 5) is 0. The van der Waals surface area contributed by atoms with Crippen LogP contribution in [0.1, 0.15) is 5.56 Å². The van der Waals surface area contributed by atoms with Crippen molar-refractivity contribution in [3.8, 4) is 0 Å². The van der Waals surface area contributed by atoms with Crippen LogP contribution in [-0.4, -0.2) is 27.7 Å². The van der Waals surface area contributed by atoms with Crippen molar-refractivity contribution >= 4 is 16.8 Å². The van der Waals surface area contributed by atoms with E-state index in [1.165, 1.54) is 11.8 Å². The predicted molar refractivity (Wildman–Crippen MR) is 58.9 cm³/mol. The number of thioether (sulfide) groups is 1. The van der Waals surface area contributed by atoms with Crippen LogP contribution < -0.4 is 0 Å². The summed E-state index contributed by atoms with van der Waals surface area (Å²) < 4.78 is 0. The molecule has 0 aliphatic carbocycles. The average molecular weight is 211 g/mol. The number of oxime groups is 1. The van der Waals surface area contributed by atoms with E-state index in [0.717, 1.165) is 5.56 Å². The van der Waals surface area contributed by atoms with Crippen molar-refractivity contribution in [3.05, 3.63) is 35.9 Å². The van der Waals surface area contributed by atoms with Crippen LogP contribution in [0.5, 0.6) is 0 Å². The van der Waals surface area contributed by atoms with E-state index in [2.05, 4.69) is 5.16 Å². The first-order valence-electron chi connectivity index (χ1n) is 4.35. The molecule has 0 aliphatic heterocycles. The van der Waals surface area contributed by atoms with Gasteiger partial charge in [-0.2, -0.15) is 0 Å². The van der Waals surface area contributed by atoms with E-state index in [9.17, 15) is 0 Å². The Morgan fingerprint density at radius 2 is 2.00 bits per heavy atom. The molecule has 0 atom stereocenters. The highest BCUT2D eigenvalue weighted by molar-refractivity contribution is 8.13. The summed E-state index contributed by atoms with van der Waals surface area (Å²) in [5, 5.41) is 21.1. The van der Waals surface area contributed by atoms with Gasteiger partial charge in [0, 0.05) is 12.2 Å². The molecule has 4 heteroatoms. The van der Waals surface area contributed by atoms with Crippen LogP contribution >= 0.6 is 11.8 Å². The van der Waals surface area contributed by atoms with Crippen molar-refractivity contribution < 1.29 is 10.3 Å². The Kier molecular flexibility index (Phi) is 5.11. The Morgan fingerprint density at radius 1 is 1.29 bits per heavy atom. The van der Waals surface area contributed by atoms with Gasteiger partial charge >= 0.3 is 0 Å². The highest BCUT2D eigenvalue weighted by atomic mass is 32.2. The van der Waals surface area contributed by atoms with Gasteiger partial charge in [-0.05, 0) is 5.56 Å². The number of benzene rings is 1. The molecule has 76 valence electrons. The maximum Gasteiger partial charge on any atom is 0.117 e. The van der Waals surface area contributed by atoms with Gasteiger partial charge < -0.3 is 10.3 Å². The quantitative estimate of drug-likeness (QED) is 0.345. The maximum absolute atomic E-state index is 8.70. The number of rotatable bonds is 4. The fraction of sp³-hybridized carbons (Fsp3) is 0.300. The standard InChI is InChI=1S/C10H13NO2S/c12-6-7-14-10(11-13)8-9-4-2-1-3-5-9/h1-5,12-13H,6-8H2/b11-10-. The lowest BCUT2D eigenvalue weighted by Gasteiger charge is -2.02. The molecule has 0 fully saturated rings. The van der Waals surface area contributed by atoms with E-state index in [1.54, 1.807) is 0 Å². The molecular formula is C10H13NO2S. The number of nitrogens with zero attached hydrogens (tertiary/aromatic N) is 1. The zero-order valence-corrected chi connectivity index (χ0v) is 8.57. The van der Waals surface area contributed by atoms with Crippen LogP contribution in [0.3, 0.4) is 0 Å². The highest BCUT2D eigenvalue weighted by Gasteiger charge is 2.02. The number of hydrogen-bond acceptors (Lipinski definition) is 4. The van der Waals surface area contributed by atoms with E-state index >= 15 is 0 Å². The maximum atomic E-state index is 8.70. The van der Waals surface area contributed by atoms with Crippen LogP contribution in [0.4, 0.5) is 0 Å². The first-order valence-corrected chi connectivity index (χ1v) is 5.34. The lowest BCUT2D eigenvalue weighted by Crippen LogP contribution is -2.01. The molecule has 0 unspecified atom stereocenters. The molecule has 1 aromatic carbocycles. The molecule has 0 spiro atoms. The largest absolute Gasteiger partial charge is 0.410 e. The Bertz CT molecular complexity index is 287. The number of aliphatic hydroxyl groups is 1. The van der Waals surface area contributed by atoms with Crippen molar-refractivity contribution in [2.75, 3.05) is 12.4 Å². The molecular weight excluding hydrogens is 198 g/mol. The van der Waals surface area contributed by atoms with Gasteiger partial charge in [-0.25, -0.2) is 0 Å². The fourth-order valence-corrected chi connectivity index (χ4v) is 1.70. The van der Waals surface area contributed by atoms with Gasteiger partial charge in [-0.3, -0.25) is 0 Å². The van der Waals surface area contributed by atoms with E-state index < -0.39 is 0 Å². The van der Waals surface area contributed by atoms with Gasteiger partial charge in [-0.15, -0.1) is 11.8 Å². The molecule has 0 heterocycles. The van der Waals surface area contributed by atoms with Crippen LogP contribution in [0.15, 0.2) is 35.5 Å². The van der Waals surface area contributed by atoms with Gasteiger partial charge in [0.05, 0.1) is 6.61 Å². The van der Waals surface area contributed by atoms with Gasteiger partial charge in [0.15, 0.2) is 0 Å². The van der Waals surface area contributed by atoms with Crippen LogP contribution in [-0.2, 0) is 6.42 Å². The first-order chi connectivity index (χ1) is 6.86. The third kappa shape index (κ3) is 3.81. The Labute approximate surface area is 87.5 Å². The lowest BCUT2D eigenvalue weighted by atomic mass is 10.2. The molecule has 0 saturated heterocycles. The Balaban J connectivity index is 2.50. The molecule has 0 saturated carbocycles. The molecule has 0 bridgehead atoms. The first kappa shape index (κ1) is 11.1. The van der Waals surface area contributed by atoms with E-state index in [-0.39, 0.29) is 6.61 Å². The van der Waals surface area contributed by atoms with Crippen LogP contribution in [0.25, 0.3) is 0 Å². The summed E-state index contributed by atoms with van der Waals surface area (Å²) in [6.45, 7) is 0.0957. The minimum atomic E-state index is 0.0957. The smallest absolute Gasteiger partial charge is 0.117 e. The molecule has 1 rings (SSSR count). The van der Waals surface area contributed by atoms with Gasteiger partial charge in [0.2, 0.25) is 0 Å². The van der Waals surface area contributed by atoms with E-state index in [0.29, 0.717) is 17.2 Å². The summed E-state index contributed by atoms with van der Waals surface area (Å²) in [6, 6.07) is 9.79. The van der Waals surface area contributed by atoms with Crippen LogP contribution in [0, 0.1) is 0 Å². The second-order valence-electron chi connectivity index (χ2n) is 2.73. The number of hydrogen-bond donors (Lipinski definition) is 2. The zero-order chi connectivity index (χ0) is 10.2.